The Labute approximate surface area is 110 Å². The van der Waals surface area contributed by atoms with Gasteiger partial charge in [-0.1, -0.05) is 32.5 Å². The normalized spacial score (nSPS) is 20.4. The molecule has 2 rings (SSSR count). The van der Waals surface area contributed by atoms with Gasteiger partial charge < -0.3 is 0 Å². The van der Waals surface area contributed by atoms with Gasteiger partial charge in [-0.3, -0.25) is 9.36 Å². The lowest BCUT2D eigenvalue weighted by Gasteiger charge is -2.12. The molecule has 0 radical (unpaired) electrons. The summed E-state index contributed by atoms with van der Waals surface area (Å²) < 4.78 is 1.70. The largest absolute Gasteiger partial charge is 0.290 e. The van der Waals surface area contributed by atoms with Gasteiger partial charge in [-0.2, -0.15) is 0 Å². The molecule has 1 aromatic rings. The fourth-order valence-corrected chi connectivity index (χ4v) is 3.82. The van der Waals surface area contributed by atoms with E-state index in [0.717, 1.165) is 28.6 Å². The van der Waals surface area contributed by atoms with Crippen LogP contribution in [0.15, 0.2) is 14.8 Å². The van der Waals surface area contributed by atoms with Crippen molar-refractivity contribution in [3.63, 3.8) is 0 Å². The number of hydrogen-bond donors (Lipinski definition) is 0. The van der Waals surface area contributed by atoms with Gasteiger partial charge in [0.2, 0.25) is 0 Å². The molecule has 0 aromatic carbocycles. The van der Waals surface area contributed by atoms with E-state index in [-0.39, 0.29) is 5.56 Å². The van der Waals surface area contributed by atoms with Crippen LogP contribution in [0, 0.1) is 0 Å². The maximum Gasteiger partial charge on any atom is 0.267 e. The van der Waals surface area contributed by atoms with E-state index in [1.807, 2.05) is 7.05 Å². The van der Waals surface area contributed by atoms with Crippen LogP contribution < -0.4 is 5.56 Å². The molecule has 1 aliphatic rings. The minimum Gasteiger partial charge on any atom is -0.290 e. The number of fused-ring (bicyclic) bond motifs is 1. The van der Waals surface area contributed by atoms with Crippen molar-refractivity contribution in [2.24, 2.45) is 7.05 Å². The van der Waals surface area contributed by atoms with Crippen molar-refractivity contribution in [2.75, 3.05) is 0 Å². The van der Waals surface area contributed by atoms with Gasteiger partial charge >= 0.3 is 0 Å². The van der Waals surface area contributed by atoms with Gasteiger partial charge in [-0.15, -0.1) is 11.8 Å². The Kier molecular flexibility index (Phi) is 3.88. The van der Waals surface area contributed by atoms with Crippen LogP contribution in [-0.4, -0.2) is 20.1 Å². The Balaban J connectivity index is 2.40. The third kappa shape index (κ3) is 2.55. The highest BCUT2D eigenvalue weighted by Gasteiger charge is 2.25. The van der Waals surface area contributed by atoms with Gasteiger partial charge in [0.25, 0.3) is 5.56 Å². The summed E-state index contributed by atoms with van der Waals surface area (Å²) in [5.74, 6) is 0. The second kappa shape index (κ2) is 5.06. The zero-order valence-electron chi connectivity index (χ0n) is 10.7. The van der Waals surface area contributed by atoms with E-state index in [0.29, 0.717) is 10.5 Å². The molecular formula is C12H18N2OS2. The molecule has 5 heteroatoms. The number of aromatic nitrogens is 2. The van der Waals surface area contributed by atoms with Crippen molar-refractivity contribution in [3.05, 3.63) is 16.0 Å². The summed E-state index contributed by atoms with van der Waals surface area (Å²) in [6.45, 7) is 6.47. The molecule has 3 nitrogen and oxygen atoms in total. The Morgan fingerprint density at radius 2 is 2.35 bits per heavy atom. The van der Waals surface area contributed by atoms with E-state index >= 15 is 0 Å². The molecule has 0 unspecified atom stereocenters. The van der Waals surface area contributed by atoms with E-state index in [2.05, 4.69) is 25.8 Å². The molecule has 0 fully saturated rings. The Morgan fingerprint density at radius 3 is 3.00 bits per heavy atom. The molecule has 1 aromatic heterocycles. The predicted octanol–water partition coefficient (Wildman–Crippen LogP) is 2.71. The molecule has 2 heterocycles. The summed E-state index contributed by atoms with van der Waals surface area (Å²) in [6.07, 6.45) is 2.01. The smallest absolute Gasteiger partial charge is 0.267 e. The predicted molar refractivity (Wildman–Crippen MR) is 74.1 cm³/mol. The van der Waals surface area contributed by atoms with E-state index in [9.17, 15) is 4.79 Å². The SMILES string of the molecule is CC[C@H](C)Sc1nc2c(c(=O)n1C)S[C@H](C)C2. The van der Waals surface area contributed by atoms with Crippen molar-refractivity contribution in [1.82, 2.24) is 9.55 Å². The maximum absolute atomic E-state index is 12.2. The average molecular weight is 270 g/mol. The lowest BCUT2D eigenvalue weighted by molar-refractivity contribution is 0.662. The van der Waals surface area contributed by atoms with Gasteiger partial charge in [-0.05, 0) is 6.42 Å². The quantitative estimate of drug-likeness (QED) is 0.625. The Bertz CT molecular complexity index is 484. The minimum atomic E-state index is 0.121. The van der Waals surface area contributed by atoms with Gasteiger partial charge in [0.05, 0.1) is 10.6 Å². The van der Waals surface area contributed by atoms with Crippen LogP contribution in [-0.2, 0) is 13.5 Å². The summed E-state index contributed by atoms with van der Waals surface area (Å²) in [5.41, 5.74) is 1.12. The molecule has 0 saturated heterocycles. The maximum atomic E-state index is 12.2. The van der Waals surface area contributed by atoms with Crippen LogP contribution in [0.4, 0.5) is 0 Å². The first-order chi connectivity index (χ1) is 8.02. The topological polar surface area (TPSA) is 34.9 Å². The molecule has 2 atom stereocenters. The van der Waals surface area contributed by atoms with Gasteiger partial charge in [-0.25, -0.2) is 4.98 Å². The summed E-state index contributed by atoms with van der Waals surface area (Å²) in [4.78, 5) is 17.7. The van der Waals surface area contributed by atoms with E-state index in [1.54, 1.807) is 28.1 Å². The molecule has 0 saturated carbocycles. The second-order valence-corrected chi connectivity index (χ2v) is 7.36. The van der Waals surface area contributed by atoms with Gasteiger partial charge in [0.1, 0.15) is 0 Å². The first kappa shape index (κ1) is 13.0. The van der Waals surface area contributed by atoms with E-state index in [1.165, 1.54) is 0 Å². The number of rotatable bonds is 3. The van der Waals surface area contributed by atoms with Crippen molar-refractivity contribution >= 4 is 23.5 Å². The highest BCUT2D eigenvalue weighted by Crippen LogP contribution is 2.34. The molecule has 0 aliphatic carbocycles. The third-order valence-electron chi connectivity index (χ3n) is 2.96. The van der Waals surface area contributed by atoms with Crippen LogP contribution in [0.5, 0.6) is 0 Å². The molecule has 0 N–H and O–H groups in total. The molecule has 0 amide bonds. The van der Waals surface area contributed by atoms with Crippen molar-refractivity contribution in [1.29, 1.82) is 0 Å². The van der Waals surface area contributed by atoms with Crippen LogP contribution in [0.1, 0.15) is 32.9 Å². The van der Waals surface area contributed by atoms with Gasteiger partial charge in [0, 0.05) is 24.0 Å². The monoisotopic (exact) mass is 270 g/mol. The first-order valence-corrected chi connectivity index (χ1v) is 7.72. The molecule has 17 heavy (non-hydrogen) atoms. The molecule has 94 valence electrons. The minimum absolute atomic E-state index is 0.121. The van der Waals surface area contributed by atoms with E-state index in [4.69, 9.17) is 0 Å². The fourth-order valence-electron chi connectivity index (χ4n) is 1.74. The second-order valence-electron chi connectivity index (χ2n) is 4.50. The molecule has 0 spiro atoms. The van der Waals surface area contributed by atoms with Crippen LogP contribution in [0.3, 0.4) is 0 Å². The van der Waals surface area contributed by atoms with E-state index < -0.39 is 0 Å². The zero-order chi connectivity index (χ0) is 12.6. The van der Waals surface area contributed by atoms with Crippen LogP contribution in [0.2, 0.25) is 0 Å². The number of nitrogens with zero attached hydrogens (tertiary/aromatic N) is 2. The van der Waals surface area contributed by atoms with Crippen molar-refractivity contribution in [3.8, 4) is 0 Å². The van der Waals surface area contributed by atoms with Crippen molar-refractivity contribution in [2.45, 2.75) is 54.2 Å². The highest BCUT2D eigenvalue weighted by molar-refractivity contribution is 8.00. The zero-order valence-corrected chi connectivity index (χ0v) is 12.3. The number of hydrogen-bond acceptors (Lipinski definition) is 4. The van der Waals surface area contributed by atoms with Crippen LogP contribution >= 0.6 is 23.5 Å². The first-order valence-electron chi connectivity index (χ1n) is 5.96. The summed E-state index contributed by atoms with van der Waals surface area (Å²) in [6, 6.07) is 0. The molecular weight excluding hydrogens is 252 g/mol. The lowest BCUT2D eigenvalue weighted by atomic mass is 10.2. The molecule has 1 aliphatic heterocycles. The van der Waals surface area contributed by atoms with Crippen LogP contribution in [0.25, 0.3) is 0 Å². The summed E-state index contributed by atoms with van der Waals surface area (Å²) >= 11 is 3.35. The fraction of sp³-hybridized carbons (Fsp3) is 0.667. The average Bonchev–Trinajstić information content (AvgIpc) is 2.66. The van der Waals surface area contributed by atoms with Crippen molar-refractivity contribution < 1.29 is 0 Å². The standard InChI is InChI=1S/C12H18N2OS2/c1-5-7(2)17-12-13-9-6-8(3)16-10(9)11(15)14(12)4/h7-8H,5-6H2,1-4H3/t7-,8+/m0/s1. The third-order valence-corrected chi connectivity index (χ3v) is 5.49. The summed E-state index contributed by atoms with van der Waals surface area (Å²) in [5, 5.41) is 1.84. The molecule has 0 bridgehead atoms. The highest BCUT2D eigenvalue weighted by atomic mass is 32.2. The van der Waals surface area contributed by atoms with Gasteiger partial charge in [0.15, 0.2) is 5.16 Å². The number of thioether (sulfide) groups is 2. The lowest BCUT2D eigenvalue weighted by Crippen LogP contribution is -2.22. The Morgan fingerprint density at radius 1 is 1.65 bits per heavy atom. The summed E-state index contributed by atoms with van der Waals surface area (Å²) in [7, 11) is 1.82. The Hall–Kier alpha value is -0.420.